The Labute approximate surface area is 126 Å². The van der Waals surface area contributed by atoms with Gasteiger partial charge in [0.1, 0.15) is 5.75 Å². The first kappa shape index (κ1) is 15.8. The van der Waals surface area contributed by atoms with Crippen molar-refractivity contribution < 1.29 is 13.2 Å². The van der Waals surface area contributed by atoms with Gasteiger partial charge < -0.3 is 10.1 Å². The lowest BCUT2D eigenvalue weighted by molar-refractivity contribution is 0.415. The highest BCUT2D eigenvalue weighted by Gasteiger charge is 2.06. The van der Waals surface area contributed by atoms with Crippen molar-refractivity contribution in [1.29, 1.82) is 0 Å². The Hall–Kier alpha value is -1.59. The second-order valence-corrected chi connectivity index (χ2v) is 7.43. The molecule has 0 bridgehead atoms. The second-order valence-electron chi connectivity index (χ2n) is 4.96. The number of sulfone groups is 1. The molecule has 0 radical (unpaired) electrons. The third kappa shape index (κ3) is 4.44. The van der Waals surface area contributed by atoms with Crippen molar-refractivity contribution in [3.63, 3.8) is 0 Å². The minimum absolute atomic E-state index is 0.189. The zero-order valence-electron chi connectivity index (χ0n) is 12.4. The fourth-order valence-corrected chi connectivity index (χ4v) is 2.86. The van der Waals surface area contributed by atoms with Crippen LogP contribution < -0.4 is 10.1 Å². The predicted octanol–water partition coefficient (Wildman–Crippen LogP) is 2.37. The highest BCUT2D eigenvalue weighted by Crippen LogP contribution is 2.21. The largest absolute Gasteiger partial charge is 0.497 e. The lowest BCUT2D eigenvalue weighted by atomic mass is 10.1. The molecule has 114 valence electrons. The van der Waals surface area contributed by atoms with E-state index in [4.69, 9.17) is 4.74 Å². The summed E-state index contributed by atoms with van der Waals surface area (Å²) in [5, 5.41) is 5.46. The van der Waals surface area contributed by atoms with Crippen LogP contribution in [0.4, 0.5) is 0 Å². The number of benzene rings is 2. The molecule has 0 aliphatic heterocycles. The van der Waals surface area contributed by atoms with Crippen LogP contribution in [0.3, 0.4) is 0 Å². The molecule has 0 aliphatic carbocycles. The van der Waals surface area contributed by atoms with E-state index < -0.39 is 9.84 Å². The lowest BCUT2D eigenvalue weighted by Gasteiger charge is -2.07. The van der Waals surface area contributed by atoms with E-state index >= 15 is 0 Å². The minimum Gasteiger partial charge on any atom is -0.497 e. The van der Waals surface area contributed by atoms with Crippen LogP contribution in [0.25, 0.3) is 10.8 Å². The minimum atomic E-state index is -2.89. The standard InChI is InChI=1S/C16H21NO3S/c1-3-21(18,19)9-8-17-12-13-4-5-15-11-16(20-2)7-6-14(15)10-13/h4-7,10-11,17H,3,8-9,12H2,1-2H3. The van der Waals surface area contributed by atoms with Crippen molar-refractivity contribution in [3.05, 3.63) is 42.0 Å². The lowest BCUT2D eigenvalue weighted by Crippen LogP contribution is -2.23. The predicted molar refractivity (Wildman–Crippen MR) is 86.5 cm³/mol. The number of nitrogens with one attached hydrogen (secondary N) is 1. The van der Waals surface area contributed by atoms with Gasteiger partial charge in [-0.2, -0.15) is 0 Å². The van der Waals surface area contributed by atoms with Crippen LogP contribution in [0.1, 0.15) is 12.5 Å². The van der Waals surface area contributed by atoms with E-state index in [0.29, 0.717) is 13.1 Å². The summed E-state index contributed by atoms with van der Waals surface area (Å²) in [4.78, 5) is 0. The summed E-state index contributed by atoms with van der Waals surface area (Å²) in [5.74, 6) is 1.24. The molecule has 2 aromatic rings. The molecule has 5 heteroatoms. The van der Waals surface area contributed by atoms with E-state index in [1.54, 1.807) is 14.0 Å². The number of fused-ring (bicyclic) bond motifs is 1. The molecule has 1 N–H and O–H groups in total. The molecule has 0 aliphatic rings. The monoisotopic (exact) mass is 307 g/mol. The Morgan fingerprint density at radius 1 is 1.10 bits per heavy atom. The molecular weight excluding hydrogens is 286 g/mol. The molecule has 0 spiro atoms. The van der Waals surface area contributed by atoms with Crippen LogP contribution in [0.2, 0.25) is 0 Å². The molecule has 4 nitrogen and oxygen atoms in total. The normalized spacial score (nSPS) is 11.7. The average molecular weight is 307 g/mol. The SMILES string of the molecule is CCS(=O)(=O)CCNCc1ccc2cc(OC)ccc2c1. The maximum absolute atomic E-state index is 11.4. The van der Waals surface area contributed by atoms with E-state index in [1.165, 1.54) is 0 Å². The number of rotatable bonds is 7. The highest BCUT2D eigenvalue weighted by atomic mass is 32.2. The summed E-state index contributed by atoms with van der Waals surface area (Å²) >= 11 is 0. The zero-order chi connectivity index (χ0) is 15.3. The molecule has 21 heavy (non-hydrogen) atoms. The van der Waals surface area contributed by atoms with E-state index in [-0.39, 0.29) is 11.5 Å². The van der Waals surface area contributed by atoms with Gasteiger partial charge in [-0.05, 0) is 34.5 Å². The molecule has 0 fully saturated rings. The van der Waals surface area contributed by atoms with Gasteiger partial charge in [-0.1, -0.05) is 25.1 Å². The molecule has 0 atom stereocenters. The first-order valence-electron chi connectivity index (χ1n) is 7.02. The van der Waals surface area contributed by atoms with Crippen LogP contribution in [-0.4, -0.2) is 33.6 Å². The molecule has 0 saturated carbocycles. The summed E-state index contributed by atoms with van der Waals surface area (Å²) in [7, 11) is -1.24. The summed E-state index contributed by atoms with van der Waals surface area (Å²) < 4.78 is 28.0. The smallest absolute Gasteiger partial charge is 0.151 e. The summed E-state index contributed by atoms with van der Waals surface area (Å²) in [6, 6.07) is 12.2. The Morgan fingerprint density at radius 2 is 1.81 bits per heavy atom. The molecule has 2 aromatic carbocycles. The average Bonchev–Trinajstić information content (AvgIpc) is 2.51. The van der Waals surface area contributed by atoms with Crippen molar-refractivity contribution in [1.82, 2.24) is 5.32 Å². The number of methoxy groups -OCH3 is 1. The molecule has 0 unspecified atom stereocenters. The van der Waals surface area contributed by atoms with Crippen molar-refractivity contribution >= 4 is 20.6 Å². The van der Waals surface area contributed by atoms with Crippen LogP contribution in [-0.2, 0) is 16.4 Å². The van der Waals surface area contributed by atoms with E-state index in [1.807, 2.05) is 24.3 Å². The third-order valence-electron chi connectivity index (χ3n) is 3.47. The van der Waals surface area contributed by atoms with Gasteiger partial charge in [0.05, 0.1) is 12.9 Å². The maximum atomic E-state index is 11.4. The number of hydrogen-bond donors (Lipinski definition) is 1. The van der Waals surface area contributed by atoms with Crippen molar-refractivity contribution in [2.24, 2.45) is 0 Å². The van der Waals surface area contributed by atoms with Gasteiger partial charge in [0.2, 0.25) is 0 Å². The van der Waals surface area contributed by atoms with Crippen LogP contribution in [0, 0.1) is 0 Å². The van der Waals surface area contributed by atoms with Crippen molar-refractivity contribution in [2.45, 2.75) is 13.5 Å². The van der Waals surface area contributed by atoms with Gasteiger partial charge in [-0.15, -0.1) is 0 Å². The Kier molecular flexibility index (Phi) is 5.20. The van der Waals surface area contributed by atoms with Gasteiger partial charge in [0.25, 0.3) is 0 Å². The first-order chi connectivity index (χ1) is 10.0. The quantitative estimate of drug-likeness (QED) is 0.798. The fraction of sp³-hybridized carbons (Fsp3) is 0.375. The van der Waals surface area contributed by atoms with Gasteiger partial charge in [0, 0.05) is 18.8 Å². The van der Waals surface area contributed by atoms with Gasteiger partial charge in [-0.3, -0.25) is 0 Å². The summed E-state index contributed by atoms with van der Waals surface area (Å²) in [6.45, 7) is 2.82. The van der Waals surface area contributed by atoms with Gasteiger partial charge in [0.15, 0.2) is 9.84 Å². The molecule has 2 rings (SSSR count). The maximum Gasteiger partial charge on any atom is 0.151 e. The Morgan fingerprint density at radius 3 is 2.52 bits per heavy atom. The van der Waals surface area contributed by atoms with E-state index in [2.05, 4.69) is 17.4 Å². The van der Waals surface area contributed by atoms with E-state index in [9.17, 15) is 8.42 Å². The van der Waals surface area contributed by atoms with Gasteiger partial charge >= 0.3 is 0 Å². The number of ether oxygens (including phenoxy) is 1. The Bertz CT molecular complexity index is 711. The Balaban J connectivity index is 1.97. The zero-order valence-corrected chi connectivity index (χ0v) is 13.2. The van der Waals surface area contributed by atoms with Crippen LogP contribution in [0.15, 0.2) is 36.4 Å². The van der Waals surface area contributed by atoms with Crippen LogP contribution in [0.5, 0.6) is 5.75 Å². The summed E-state index contributed by atoms with van der Waals surface area (Å²) in [6.07, 6.45) is 0. The molecule has 0 amide bonds. The topological polar surface area (TPSA) is 55.4 Å². The third-order valence-corrected chi connectivity index (χ3v) is 5.18. The number of hydrogen-bond acceptors (Lipinski definition) is 4. The molecule has 0 saturated heterocycles. The van der Waals surface area contributed by atoms with Crippen molar-refractivity contribution in [2.75, 3.05) is 25.2 Å². The van der Waals surface area contributed by atoms with E-state index in [0.717, 1.165) is 22.1 Å². The molecule has 0 aromatic heterocycles. The summed E-state index contributed by atoms with van der Waals surface area (Å²) in [5.41, 5.74) is 1.14. The van der Waals surface area contributed by atoms with Crippen LogP contribution >= 0.6 is 0 Å². The molecule has 0 heterocycles. The highest BCUT2D eigenvalue weighted by molar-refractivity contribution is 7.91. The fourth-order valence-electron chi connectivity index (χ4n) is 2.11. The molecular formula is C16H21NO3S. The first-order valence-corrected chi connectivity index (χ1v) is 8.84. The second kappa shape index (κ2) is 6.91. The van der Waals surface area contributed by atoms with Gasteiger partial charge in [-0.25, -0.2) is 8.42 Å². The van der Waals surface area contributed by atoms with Crippen molar-refractivity contribution in [3.8, 4) is 5.75 Å².